The van der Waals surface area contributed by atoms with Gasteiger partial charge in [0.2, 0.25) is 0 Å². The van der Waals surface area contributed by atoms with Gasteiger partial charge in [-0.05, 0) is 31.0 Å². The minimum absolute atomic E-state index is 0.567. The van der Waals surface area contributed by atoms with Crippen molar-refractivity contribution in [3.63, 3.8) is 0 Å². The first-order chi connectivity index (χ1) is 9.15. The Labute approximate surface area is 122 Å². The van der Waals surface area contributed by atoms with Gasteiger partial charge in [0.1, 0.15) is 0 Å². The monoisotopic (exact) mass is 276 g/mol. The van der Waals surface area contributed by atoms with E-state index in [-0.39, 0.29) is 0 Å². The number of hydrogen-bond donors (Lipinski definition) is 1. The largest absolute Gasteiger partial charge is 0.393 e. The summed E-state index contributed by atoms with van der Waals surface area (Å²) in [5.41, 5.74) is 8.20. The molecule has 1 fully saturated rings. The molecule has 0 radical (unpaired) electrons. The molecule has 0 bridgehead atoms. The van der Waals surface area contributed by atoms with Crippen molar-refractivity contribution in [2.45, 2.75) is 51.1 Å². The predicted molar refractivity (Wildman–Crippen MR) is 85.3 cm³/mol. The number of hydrogen-bond acceptors (Lipinski definition) is 2. The minimum atomic E-state index is 0.567. The molecule has 1 aliphatic rings. The summed E-state index contributed by atoms with van der Waals surface area (Å²) < 4.78 is 0. The topological polar surface area (TPSA) is 29.3 Å². The third kappa shape index (κ3) is 4.59. The first kappa shape index (κ1) is 14.5. The van der Waals surface area contributed by atoms with Crippen LogP contribution in [0.1, 0.15) is 43.2 Å². The van der Waals surface area contributed by atoms with Crippen molar-refractivity contribution in [2.75, 3.05) is 7.05 Å². The summed E-state index contributed by atoms with van der Waals surface area (Å²) in [5.74, 6) is 0. The molecule has 1 aliphatic carbocycles. The molecule has 0 amide bonds. The highest BCUT2D eigenvalue weighted by Gasteiger charge is 2.17. The molecule has 2 nitrogen and oxygen atoms in total. The molecular weight excluding hydrogens is 252 g/mol. The van der Waals surface area contributed by atoms with Gasteiger partial charge >= 0.3 is 0 Å². The van der Waals surface area contributed by atoms with Crippen LogP contribution in [-0.2, 0) is 13.0 Å². The van der Waals surface area contributed by atoms with E-state index >= 15 is 0 Å². The van der Waals surface area contributed by atoms with E-state index in [1.807, 2.05) is 0 Å². The Hall–Kier alpha value is -0.930. The van der Waals surface area contributed by atoms with Crippen LogP contribution < -0.4 is 5.73 Å². The summed E-state index contributed by atoms with van der Waals surface area (Å²) >= 11 is 4.98. The number of nitrogens with two attached hydrogens (primary N) is 1. The van der Waals surface area contributed by atoms with E-state index in [1.165, 1.54) is 43.2 Å². The molecule has 0 saturated heterocycles. The van der Waals surface area contributed by atoms with Gasteiger partial charge in [0.25, 0.3) is 0 Å². The van der Waals surface area contributed by atoms with Crippen LogP contribution in [0, 0.1) is 0 Å². The lowest BCUT2D eigenvalue weighted by molar-refractivity contribution is 0.184. The van der Waals surface area contributed by atoms with Crippen molar-refractivity contribution in [2.24, 2.45) is 5.73 Å². The molecule has 3 heteroatoms. The molecule has 0 atom stereocenters. The number of nitrogens with zero attached hydrogens (tertiary/aromatic N) is 1. The SMILES string of the molecule is CN(Cc1cccc(CC(N)=S)c1)C1CCCCC1. The Balaban J connectivity index is 1.95. The van der Waals surface area contributed by atoms with Crippen LogP contribution in [0.2, 0.25) is 0 Å². The van der Waals surface area contributed by atoms with E-state index < -0.39 is 0 Å². The summed E-state index contributed by atoms with van der Waals surface area (Å²) in [4.78, 5) is 3.07. The zero-order valence-corrected chi connectivity index (χ0v) is 12.6. The summed E-state index contributed by atoms with van der Waals surface area (Å²) in [5, 5.41) is 0. The lowest BCUT2D eigenvalue weighted by Gasteiger charge is -2.31. The zero-order chi connectivity index (χ0) is 13.7. The summed E-state index contributed by atoms with van der Waals surface area (Å²) in [6.07, 6.45) is 7.59. The fourth-order valence-electron chi connectivity index (χ4n) is 2.98. The van der Waals surface area contributed by atoms with Crippen LogP contribution in [0.5, 0.6) is 0 Å². The molecule has 19 heavy (non-hydrogen) atoms. The number of benzene rings is 1. The van der Waals surface area contributed by atoms with Gasteiger partial charge in [0.05, 0.1) is 4.99 Å². The van der Waals surface area contributed by atoms with Crippen LogP contribution in [0.3, 0.4) is 0 Å². The standard InChI is InChI=1S/C16H24N2S/c1-18(15-8-3-2-4-9-15)12-14-7-5-6-13(10-14)11-16(17)19/h5-7,10,15H,2-4,8-9,11-12H2,1H3,(H2,17,19). The molecule has 104 valence electrons. The summed E-state index contributed by atoms with van der Waals surface area (Å²) in [6.45, 7) is 1.02. The van der Waals surface area contributed by atoms with E-state index in [0.29, 0.717) is 11.4 Å². The fourth-order valence-corrected chi connectivity index (χ4v) is 3.14. The van der Waals surface area contributed by atoms with Gasteiger partial charge in [0, 0.05) is 19.0 Å². The van der Waals surface area contributed by atoms with Crippen LogP contribution in [0.25, 0.3) is 0 Å². The molecule has 2 N–H and O–H groups in total. The van der Waals surface area contributed by atoms with E-state index in [9.17, 15) is 0 Å². The van der Waals surface area contributed by atoms with Gasteiger partial charge in [-0.1, -0.05) is 55.7 Å². The Bertz CT molecular complexity index is 425. The predicted octanol–water partition coefficient (Wildman–Crippen LogP) is 3.28. The average Bonchev–Trinajstić information content (AvgIpc) is 2.39. The smallest absolute Gasteiger partial charge is 0.0771 e. The highest BCUT2D eigenvalue weighted by atomic mass is 32.1. The van der Waals surface area contributed by atoms with Gasteiger partial charge in [-0.25, -0.2) is 0 Å². The average molecular weight is 276 g/mol. The first-order valence-electron chi connectivity index (χ1n) is 7.21. The molecule has 0 unspecified atom stereocenters. The third-order valence-electron chi connectivity index (χ3n) is 4.00. The molecule has 1 saturated carbocycles. The fraction of sp³-hybridized carbons (Fsp3) is 0.562. The van der Waals surface area contributed by atoms with Crippen molar-refractivity contribution in [3.8, 4) is 0 Å². The highest BCUT2D eigenvalue weighted by Crippen LogP contribution is 2.23. The van der Waals surface area contributed by atoms with Crippen LogP contribution in [0.4, 0.5) is 0 Å². The minimum Gasteiger partial charge on any atom is -0.393 e. The van der Waals surface area contributed by atoms with E-state index in [2.05, 4.69) is 36.2 Å². The molecule has 0 aromatic heterocycles. The maximum Gasteiger partial charge on any atom is 0.0771 e. The highest BCUT2D eigenvalue weighted by molar-refractivity contribution is 7.80. The molecule has 1 aromatic carbocycles. The second-order valence-electron chi connectivity index (χ2n) is 5.67. The molecule has 1 aromatic rings. The normalized spacial score (nSPS) is 16.7. The maximum absolute atomic E-state index is 5.61. The van der Waals surface area contributed by atoms with Crippen molar-refractivity contribution in [1.82, 2.24) is 4.90 Å². The van der Waals surface area contributed by atoms with Gasteiger partial charge in [-0.2, -0.15) is 0 Å². The Morgan fingerprint density at radius 3 is 2.63 bits per heavy atom. The van der Waals surface area contributed by atoms with E-state index in [4.69, 9.17) is 18.0 Å². The lowest BCUT2D eigenvalue weighted by atomic mass is 9.94. The van der Waals surface area contributed by atoms with Gasteiger partial charge in [-0.15, -0.1) is 0 Å². The van der Waals surface area contributed by atoms with E-state index in [1.54, 1.807) is 0 Å². The zero-order valence-electron chi connectivity index (χ0n) is 11.8. The summed E-state index contributed by atoms with van der Waals surface area (Å²) in [7, 11) is 2.25. The summed E-state index contributed by atoms with van der Waals surface area (Å²) in [6, 6.07) is 9.40. The molecular formula is C16H24N2S. The van der Waals surface area contributed by atoms with Crippen LogP contribution >= 0.6 is 12.2 Å². The first-order valence-corrected chi connectivity index (χ1v) is 7.62. The molecule has 0 spiro atoms. The molecule has 0 aliphatic heterocycles. The van der Waals surface area contributed by atoms with Crippen LogP contribution in [-0.4, -0.2) is 23.0 Å². The maximum atomic E-state index is 5.61. The molecule has 2 rings (SSSR count). The Morgan fingerprint density at radius 1 is 1.26 bits per heavy atom. The van der Waals surface area contributed by atoms with Crippen molar-refractivity contribution in [1.29, 1.82) is 0 Å². The van der Waals surface area contributed by atoms with Gasteiger partial charge < -0.3 is 5.73 Å². The number of thiocarbonyl (C=S) groups is 1. The van der Waals surface area contributed by atoms with E-state index in [0.717, 1.165) is 12.6 Å². The van der Waals surface area contributed by atoms with Crippen LogP contribution in [0.15, 0.2) is 24.3 Å². The van der Waals surface area contributed by atoms with Gasteiger partial charge in [-0.3, -0.25) is 4.90 Å². The third-order valence-corrected chi connectivity index (χ3v) is 4.14. The Kier molecular flexibility index (Phi) is 5.34. The molecule has 0 heterocycles. The van der Waals surface area contributed by atoms with Crippen molar-refractivity contribution >= 4 is 17.2 Å². The second kappa shape index (κ2) is 7.01. The van der Waals surface area contributed by atoms with Crippen molar-refractivity contribution in [3.05, 3.63) is 35.4 Å². The quantitative estimate of drug-likeness (QED) is 0.837. The number of rotatable bonds is 5. The van der Waals surface area contributed by atoms with Gasteiger partial charge in [0.15, 0.2) is 0 Å². The second-order valence-corrected chi connectivity index (χ2v) is 6.19. The van der Waals surface area contributed by atoms with Crippen molar-refractivity contribution < 1.29 is 0 Å². The Morgan fingerprint density at radius 2 is 1.95 bits per heavy atom. The lowest BCUT2D eigenvalue weighted by Crippen LogP contribution is -2.32.